The van der Waals surface area contributed by atoms with Gasteiger partial charge in [-0.1, -0.05) is 11.6 Å². The van der Waals surface area contributed by atoms with Gasteiger partial charge in [-0.2, -0.15) is 0 Å². The number of halogens is 2. The predicted octanol–water partition coefficient (Wildman–Crippen LogP) is 3.06. The molecule has 1 aromatic rings. The summed E-state index contributed by atoms with van der Waals surface area (Å²) in [7, 11) is 1.91. The Labute approximate surface area is 135 Å². The molecule has 1 aromatic carbocycles. The number of likely N-dealkylation sites (N-methyl/N-ethyl adjacent to an activating group) is 1. The smallest absolute Gasteiger partial charge is 0.223 e. The Morgan fingerprint density at radius 3 is 2.75 bits per heavy atom. The first-order valence-electron chi connectivity index (χ1n) is 6.51. The second-order valence-corrected chi connectivity index (χ2v) is 6.31. The zero-order valence-corrected chi connectivity index (χ0v) is 13.9. The monoisotopic (exact) mass is 334 g/mol. The van der Waals surface area contributed by atoms with Crippen LogP contribution in [0.2, 0.25) is 5.02 Å². The van der Waals surface area contributed by atoms with Crippen molar-refractivity contribution < 1.29 is 4.79 Å². The summed E-state index contributed by atoms with van der Waals surface area (Å²) < 4.78 is 0. The van der Waals surface area contributed by atoms with Gasteiger partial charge in [-0.05, 0) is 37.2 Å². The highest BCUT2D eigenvalue weighted by molar-refractivity contribution is 7.99. The SMILES string of the molecule is CN(C(=O)CCSc1ccc(Cl)cc1)C1CCNC1.Cl. The number of rotatable bonds is 5. The minimum Gasteiger partial charge on any atom is -0.341 e. The van der Waals surface area contributed by atoms with Crippen LogP contribution in [0.3, 0.4) is 0 Å². The van der Waals surface area contributed by atoms with E-state index < -0.39 is 0 Å². The highest BCUT2D eigenvalue weighted by atomic mass is 35.5. The molecule has 6 heteroatoms. The van der Waals surface area contributed by atoms with E-state index in [9.17, 15) is 4.79 Å². The lowest BCUT2D eigenvalue weighted by atomic mass is 10.2. The molecule has 1 N–H and O–H groups in total. The second-order valence-electron chi connectivity index (χ2n) is 4.70. The molecule has 112 valence electrons. The molecule has 1 unspecified atom stereocenters. The highest BCUT2D eigenvalue weighted by Gasteiger charge is 2.22. The molecule has 1 aliphatic rings. The fourth-order valence-corrected chi connectivity index (χ4v) is 3.10. The van der Waals surface area contributed by atoms with E-state index in [4.69, 9.17) is 11.6 Å². The number of carbonyl (C=O) groups is 1. The van der Waals surface area contributed by atoms with Crippen molar-refractivity contribution in [2.24, 2.45) is 0 Å². The summed E-state index contributed by atoms with van der Waals surface area (Å²) in [6, 6.07) is 8.10. The van der Waals surface area contributed by atoms with E-state index in [1.165, 1.54) is 0 Å². The number of nitrogens with one attached hydrogen (secondary N) is 1. The van der Waals surface area contributed by atoms with Crippen molar-refractivity contribution in [3.8, 4) is 0 Å². The molecular weight excluding hydrogens is 315 g/mol. The van der Waals surface area contributed by atoms with Gasteiger partial charge in [0.1, 0.15) is 0 Å². The normalized spacial score (nSPS) is 17.6. The summed E-state index contributed by atoms with van der Waals surface area (Å²) in [6.45, 7) is 1.94. The van der Waals surface area contributed by atoms with E-state index in [0.717, 1.165) is 35.2 Å². The summed E-state index contributed by atoms with van der Waals surface area (Å²) in [6.07, 6.45) is 1.65. The average Bonchev–Trinajstić information content (AvgIpc) is 2.94. The minimum atomic E-state index is 0. The Bertz CT molecular complexity index is 422. The Balaban J connectivity index is 0.00000200. The van der Waals surface area contributed by atoms with Crippen LogP contribution in [0.1, 0.15) is 12.8 Å². The van der Waals surface area contributed by atoms with Crippen LogP contribution >= 0.6 is 35.8 Å². The lowest BCUT2D eigenvalue weighted by molar-refractivity contribution is -0.131. The van der Waals surface area contributed by atoms with Crippen LogP contribution in [0.15, 0.2) is 29.2 Å². The molecule has 0 aliphatic carbocycles. The molecule has 0 bridgehead atoms. The third-order valence-corrected chi connectivity index (χ3v) is 4.64. The quantitative estimate of drug-likeness (QED) is 0.840. The first kappa shape index (κ1) is 17.6. The van der Waals surface area contributed by atoms with Gasteiger partial charge in [-0.3, -0.25) is 4.79 Å². The summed E-state index contributed by atoms with van der Waals surface area (Å²) >= 11 is 7.53. The molecule has 2 rings (SSSR count). The standard InChI is InChI=1S/C14H19ClN2OS.ClH/c1-17(12-6-8-16-10-12)14(18)7-9-19-13-4-2-11(15)3-5-13;/h2-5,12,16H,6-10H2,1H3;1H. The fraction of sp³-hybridized carbons (Fsp3) is 0.500. The lowest BCUT2D eigenvalue weighted by Crippen LogP contribution is -2.38. The van der Waals surface area contributed by atoms with Crippen LogP contribution in [0.25, 0.3) is 0 Å². The van der Waals surface area contributed by atoms with E-state index in [-0.39, 0.29) is 18.3 Å². The van der Waals surface area contributed by atoms with Gasteiger partial charge in [-0.25, -0.2) is 0 Å². The maximum atomic E-state index is 12.0. The third kappa shape index (κ3) is 5.17. The maximum Gasteiger partial charge on any atom is 0.223 e. The average molecular weight is 335 g/mol. The molecule has 0 aromatic heterocycles. The second kappa shape index (κ2) is 8.78. The number of hydrogen-bond acceptors (Lipinski definition) is 3. The summed E-state index contributed by atoms with van der Waals surface area (Å²) in [5, 5.41) is 4.03. The van der Waals surface area contributed by atoms with Crippen molar-refractivity contribution in [3.05, 3.63) is 29.3 Å². The van der Waals surface area contributed by atoms with Crippen LogP contribution in [0.5, 0.6) is 0 Å². The molecule has 1 amide bonds. The Kier molecular flexibility index (Phi) is 7.74. The number of hydrogen-bond donors (Lipinski definition) is 1. The van der Waals surface area contributed by atoms with E-state index in [1.54, 1.807) is 11.8 Å². The summed E-state index contributed by atoms with van der Waals surface area (Å²) in [5.74, 6) is 1.04. The third-order valence-electron chi connectivity index (χ3n) is 3.37. The molecule has 20 heavy (non-hydrogen) atoms. The zero-order valence-electron chi connectivity index (χ0n) is 11.5. The number of carbonyl (C=O) groups excluding carboxylic acids is 1. The molecular formula is C14H20Cl2N2OS. The highest BCUT2D eigenvalue weighted by Crippen LogP contribution is 2.21. The van der Waals surface area contributed by atoms with Crippen molar-refractivity contribution in [3.63, 3.8) is 0 Å². The number of nitrogens with zero attached hydrogens (tertiary/aromatic N) is 1. The van der Waals surface area contributed by atoms with Gasteiger partial charge in [0, 0.05) is 41.7 Å². The molecule has 1 saturated heterocycles. The minimum absolute atomic E-state index is 0. The van der Waals surface area contributed by atoms with Gasteiger partial charge in [-0.15, -0.1) is 24.2 Å². The van der Waals surface area contributed by atoms with Crippen LogP contribution in [0.4, 0.5) is 0 Å². The number of benzene rings is 1. The topological polar surface area (TPSA) is 32.3 Å². The van der Waals surface area contributed by atoms with Crippen LogP contribution in [-0.2, 0) is 4.79 Å². The van der Waals surface area contributed by atoms with Crippen LogP contribution in [-0.4, -0.2) is 42.7 Å². The number of thioether (sulfide) groups is 1. The van der Waals surface area contributed by atoms with E-state index in [2.05, 4.69) is 5.32 Å². The van der Waals surface area contributed by atoms with Gasteiger partial charge in [0.2, 0.25) is 5.91 Å². The van der Waals surface area contributed by atoms with Crippen molar-refractivity contribution in [1.82, 2.24) is 10.2 Å². The van der Waals surface area contributed by atoms with Crippen molar-refractivity contribution >= 4 is 41.7 Å². The van der Waals surface area contributed by atoms with Crippen molar-refractivity contribution in [2.45, 2.75) is 23.8 Å². The first-order valence-corrected chi connectivity index (χ1v) is 7.88. The van der Waals surface area contributed by atoms with Gasteiger partial charge >= 0.3 is 0 Å². The molecule has 0 saturated carbocycles. The maximum absolute atomic E-state index is 12.0. The van der Waals surface area contributed by atoms with Gasteiger partial charge < -0.3 is 10.2 Å². The summed E-state index contributed by atoms with van der Waals surface area (Å²) in [5.41, 5.74) is 0. The molecule has 0 radical (unpaired) electrons. The van der Waals surface area contributed by atoms with Gasteiger partial charge in [0.25, 0.3) is 0 Å². The van der Waals surface area contributed by atoms with Crippen molar-refractivity contribution in [2.75, 3.05) is 25.9 Å². The Morgan fingerprint density at radius 1 is 1.45 bits per heavy atom. The van der Waals surface area contributed by atoms with E-state index >= 15 is 0 Å². The molecule has 1 aliphatic heterocycles. The fourth-order valence-electron chi connectivity index (χ4n) is 2.14. The largest absolute Gasteiger partial charge is 0.341 e. The van der Waals surface area contributed by atoms with Crippen LogP contribution in [0, 0.1) is 0 Å². The molecule has 1 fully saturated rings. The van der Waals surface area contributed by atoms with E-state index in [1.807, 2.05) is 36.2 Å². The summed E-state index contributed by atoms with van der Waals surface area (Å²) in [4.78, 5) is 15.1. The van der Waals surface area contributed by atoms with Gasteiger partial charge in [0.05, 0.1) is 0 Å². The van der Waals surface area contributed by atoms with Crippen molar-refractivity contribution in [1.29, 1.82) is 0 Å². The molecule has 3 nitrogen and oxygen atoms in total. The lowest BCUT2D eigenvalue weighted by Gasteiger charge is -2.23. The van der Waals surface area contributed by atoms with E-state index in [0.29, 0.717) is 12.5 Å². The molecule has 1 atom stereocenters. The molecule has 0 spiro atoms. The molecule has 1 heterocycles. The zero-order chi connectivity index (χ0) is 13.7. The Hall–Kier alpha value is -0.420. The number of amides is 1. The predicted molar refractivity (Wildman–Crippen MR) is 88.1 cm³/mol. The van der Waals surface area contributed by atoms with Gasteiger partial charge in [0.15, 0.2) is 0 Å². The first-order chi connectivity index (χ1) is 9.16. The Morgan fingerprint density at radius 2 is 2.15 bits per heavy atom. The van der Waals surface area contributed by atoms with Crippen LogP contribution < -0.4 is 5.32 Å².